The molecule has 2 aromatic carbocycles. The molecule has 0 aliphatic carbocycles. The number of amides is 1. The van der Waals surface area contributed by atoms with E-state index in [4.69, 9.17) is 4.42 Å². The van der Waals surface area contributed by atoms with Crippen molar-refractivity contribution in [2.45, 2.75) is 32.5 Å². The van der Waals surface area contributed by atoms with Crippen LogP contribution >= 0.6 is 0 Å². The molecule has 6 nitrogen and oxygen atoms in total. The highest BCUT2D eigenvalue weighted by Crippen LogP contribution is 2.24. The molecule has 2 aromatic heterocycles. The van der Waals surface area contributed by atoms with Crippen LogP contribution in [0.25, 0.3) is 0 Å². The third-order valence-corrected chi connectivity index (χ3v) is 5.62. The van der Waals surface area contributed by atoms with Gasteiger partial charge in [0.25, 0.3) is 5.91 Å². The summed E-state index contributed by atoms with van der Waals surface area (Å²) in [5.41, 5.74) is 3.11. The van der Waals surface area contributed by atoms with Crippen LogP contribution in [0.3, 0.4) is 0 Å². The standard InChI is InChI=1S/C27H27FN4O2/c1-20(22-9-3-2-4-10-22)32(17-21-8-7-11-23(28)16-21)18-26-31-25(19-34-26)27(33)30-15-13-24-12-5-6-14-29-24/h2-12,14,16,19-20H,13,15,17-18H2,1H3,(H,30,33). The second-order valence-electron chi connectivity index (χ2n) is 8.08. The van der Waals surface area contributed by atoms with Crippen molar-refractivity contribution in [1.29, 1.82) is 0 Å². The number of halogens is 1. The highest BCUT2D eigenvalue weighted by Gasteiger charge is 2.20. The van der Waals surface area contributed by atoms with E-state index in [0.717, 1.165) is 16.8 Å². The fourth-order valence-corrected chi connectivity index (χ4v) is 3.74. The average Bonchev–Trinajstić information content (AvgIpc) is 3.33. The first-order valence-corrected chi connectivity index (χ1v) is 11.2. The molecule has 174 valence electrons. The summed E-state index contributed by atoms with van der Waals surface area (Å²) in [7, 11) is 0. The Morgan fingerprint density at radius 1 is 1.06 bits per heavy atom. The fraction of sp³-hybridized carbons (Fsp3) is 0.222. The lowest BCUT2D eigenvalue weighted by Gasteiger charge is -2.28. The first-order valence-electron chi connectivity index (χ1n) is 11.2. The molecule has 0 aliphatic rings. The van der Waals surface area contributed by atoms with Crippen LogP contribution in [0.5, 0.6) is 0 Å². The molecule has 0 spiro atoms. The summed E-state index contributed by atoms with van der Waals surface area (Å²) in [6.45, 7) is 3.41. The first kappa shape index (κ1) is 23.3. The van der Waals surface area contributed by atoms with Gasteiger partial charge in [-0.2, -0.15) is 0 Å². The second kappa shape index (κ2) is 11.3. The Morgan fingerprint density at radius 3 is 2.65 bits per heavy atom. The number of hydrogen-bond acceptors (Lipinski definition) is 5. The summed E-state index contributed by atoms with van der Waals surface area (Å²) in [6.07, 6.45) is 3.74. The average molecular weight is 459 g/mol. The van der Waals surface area contributed by atoms with Crippen molar-refractivity contribution in [2.75, 3.05) is 6.54 Å². The monoisotopic (exact) mass is 458 g/mol. The van der Waals surface area contributed by atoms with Gasteiger partial charge in [-0.1, -0.05) is 48.5 Å². The topological polar surface area (TPSA) is 71.3 Å². The summed E-state index contributed by atoms with van der Waals surface area (Å²) in [5, 5.41) is 2.85. The van der Waals surface area contributed by atoms with Crippen LogP contribution < -0.4 is 5.32 Å². The molecule has 0 aliphatic heterocycles. The smallest absolute Gasteiger partial charge is 0.273 e. The molecule has 1 N–H and O–H groups in total. The van der Waals surface area contributed by atoms with Gasteiger partial charge in [0.1, 0.15) is 12.1 Å². The van der Waals surface area contributed by atoms with Gasteiger partial charge in [-0.15, -0.1) is 0 Å². The van der Waals surface area contributed by atoms with Crippen LogP contribution in [-0.4, -0.2) is 27.3 Å². The summed E-state index contributed by atoms with van der Waals surface area (Å²) in [5.74, 6) is -0.140. The quantitative estimate of drug-likeness (QED) is 0.364. The molecule has 34 heavy (non-hydrogen) atoms. The first-order chi connectivity index (χ1) is 16.6. The van der Waals surface area contributed by atoms with Crippen molar-refractivity contribution in [3.63, 3.8) is 0 Å². The lowest BCUT2D eigenvalue weighted by atomic mass is 10.1. The molecule has 0 bridgehead atoms. The molecule has 4 aromatic rings. The van der Waals surface area contributed by atoms with Crippen molar-refractivity contribution in [2.24, 2.45) is 0 Å². The van der Waals surface area contributed by atoms with Crippen LogP contribution in [0, 0.1) is 5.82 Å². The Balaban J connectivity index is 1.43. The number of rotatable bonds is 10. The normalized spacial score (nSPS) is 12.0. The van der Waals surface area contributed by atoms with Gasteiger partial charge < -0.3 is 9.73 Å². The van der Waals surface area contributed by atoms with Gasteiger partial charge in [0.05, 0.1) is 6.54 Å². The van der Waals surface area contributed by atoms with E-state index >= 15 is 0 Å². The summed E-state index contributed by atoms with van der Waals surface area (Å²) in [6, 6.07) is 22.3. The number of hydrogen-bond donors (Lipinski definition) is 1. The zero-order valence-electron chi connectivity index (χ0n) is 19.0. The largest absolute Gasteiger partial charge is 0.447 e. The lowest BCUT2D eigenvalue weighted by molar-refractivity contribution is 0.0949. The molecule has 0 radical (unpaired) electrons. The second-order valence-corrected chi connectivity index (χ2v) is 8.08. The van der Waals surface area contributed by atoms with Gasteiger partial charge in [-0.05, 0) is 42.3 Å². The number of nitrogens with one attached hydrogen (secondary N) is 1. The fourth-order valence-electron chi connectivity index (χ4n) is 3.74. The Bertz CT molecular complexity index is 1200. The zero-order chi connectivity index (χ0) is 23.8. The van der Waals surface area contributed by atoms with Gasteiger partial charge in [0.2, 0.25) is 5.89 Å². The summed E-state index contributed by atoms with van der Waals surface area (Å²) in [4.78, 5) is 23.3. The molecular weight excluding hydrogens is 431 g/mol. The Labute approximate surface area is 198 Å². The number of pyridine rings is 1. The number of nitrogens with zero attached hydrogens (tertiary/aromatic N) is 3. The van der Waals surface area contributed by atoms with Crippen molar-refractivity contribution in [1.82, 2.24) is 20.2 Å². The van der Waals surface area contributed by atoms with Crippen molar-refractivity contribution < 1.29 is 13.6 Å². The van der Waals surface area contributed by atoms with E-state index in [1.807, 2.05) is 42.5 Å². The Hall–Kier alpha value is -3.84. The molecular formula is C27H27FN4O2. The van der Waals surface area contributed by atoms with Gasteiger partial charge >= 0.3 is 0 Å². The van der Waals surface area contributed by atoms with Crippen LogP contribution in [-0.2, 0) is 19.5 Å². The lowest BCUT2D eigenvalue weighted by Crippen LogP contribution is -2.27. The molecule has 1 amide bonds. The zero-order valence-corrected chi connectivity index (χ0v) is 19.0. The maximum atomic E-state index is 13.8. The van der Waals surface area contributed by atoms with Crippen LogP contribution in [0.1, 0.15) is 46.2 Å². The summed E-state index contributed by atoms with van der Waals surface area (Å²) >= 11 is 0. The minimum atomic E-state index is -0.293. The minimum Gasteiger partial charge on any atom is -0.447 e. The van der Waals surface area contributed by atoms with E-state index in [2.05, 4.69) is 39.2 Å². The van der Waals surface area contributed by atoms with Gasteiger partial charge in [0, 0.05) is 37.4 Å². The molecule has 0 saturated heterocycles. The number of carbonyl (C=O) groups excluding carboxylic acids is 1. The van der Waals surface area contributed by atoms with Crippen molar-refractivity contribution >= 4 is 5.91 Å². The van der Waals surface area contributed by atoms with Gasteiger partial charge in [0.15, 0.2) is 5.69 Å². The maximum Gasteiger partial charge on any atom is 0.273 e. The predicted molar refractivity (Wildman–Crippen MR) is 127 cm³/mol. The van der Waals surface area contributed by atoms with E-state index in [1.54, 1.807) is 12.3 Å². The van der Waals surface area contributed by atoms with Crippen LogP contribution in [0.4, 0.5) is 4.39 Å². The molecule has 1 unspecified atom stereocenters. The van der Waals surface area contributed by atoms with E-state index in [-0.39, 0.29) is 23.5 Å². The van der Waals surface area contributed by atoms with Gasteiger partial charge in [-0.25, -0.2) is 9.37 Å². The molecule has 1 atom stereocenters. The molecule has 2 heterocycles. The SMILES string of the molecule is CC(c1ccccc1)N(Cc1cccc(F)c1)Cc1nc(C(=O)NCCc2ccccn2)co1. The molecule has 0 fully saturated rings. The van der Waals surface area contributed by atoms with E-state index in [0.29, 0.717) is 31.9 Å². The van der Waals surface area contributed by atoms with Gasteiger partial charge in [-0.3, -0.25) is 14.7 Å². The Kier molecular flexibility index (Phi) is 7.78. The minimum absolute atomic E-state index is 0.0204. The molecule has 0 saturated carbocycles. The maximum absolute atomic E-state index is 13.8. The predicted octanol–water partition coefficient (Wildman–Crippen LogP) is 4.94. The third-order valence-electron chi connectivity index (χ3n) is 5.62. The third kappa shape index (κ3) is 6.36. The van der Waals surface area contributed by atoms with Crippen molar-refractivity contribution in [3.05, 3.63) is 119 Å². The summed E-state index contributed by atoms with van der Waals surface area (Å²) < 4.78 is 19.4. The van der Waals surface area contributed by atoms with E-state index in [9.17, 15) is 9.18 Å². The number of carbonyl (C=O) groups is 1. The molecule has 4 rings (SSSR count). The highest BCUT2D eigenvalue weighted by molar-refractivity contribution is 5.91. The number of oxazole rings is 1. The number of aromatic nitrogens is 2. The van der Waals surface area contributed by atoms with Crippen molar-refractivity contribution in [3.8, 4) is 0 Å². The van der Waals surface area contributed by atoms with E-state index in [1.165, 1.54) is 18.4 Å². The Morgan fingerprint density at radius 2 is 1.88 bits per heavy atom. The molecule has 7 heteroatoms. The van der Waals surface area contributed by atoms with E-state index < -0.39 is 0 Å². The number of benzene rings is 2. The highest BCUT2D eigenvalue weighted by atomic mass is 19.1. The van der Waals surface area contributed by atoms with Crippen LogP contribution in [0.15, 0.2) is 89.7 Å². The van der Waals surface area contributed by atoms with Crippen LogP contribution in [0.2, 0.25) is 0 Å².